The second kappa shape index (κ2) is 6.75. The summed E-state index contributed by atoms with van der Waals surface area (Å²) in [5.74, 6) is 0.0270. The first kappa shape index (κ1) is 16.2. The molecule has 21 heavy (non-hydrogen) atoms. The van der Waals surface area contributed by atoms with Gasteiger partial charge in [0.05, 0.1) is 5.52 Å². The topological polar surface area (TPSA) is 17.0 Å². The molecule has 0 aliphatic heterocycles. The number of hydrogen-bond acceptors (Lipinski definition) is 2. The first-order valence-corrected chi connectivity index (χ1v) is 7.86. The largest absolute Gasteiger partial charge is 0.441 e. The second-order valence-electron chi connectivity index (χ2n) is 5.19. The fourth-order valence-corrected chi connectivity index (χ4v) is 2.76. The number of halogens is 3. The van der Waals surface area contributed by atoms with Crippen LogP contribution in [0.1, 0.15) is 19.4 Å². The van der Waals surface area contributed by atoms with Gasteiger partial charge in [0.15, 0.2) is 0 Å². The van der Waals surface area contributed by atoms with Crippen LogP contribution >= 0.6 is 11.8 Å². The molecule has 0 aliphatic carbocycles. The van der Waals surface area contributed by atoms with E-state index in [4.69, 9.17) is 0 Å². The minimum absolute atomic E-state index is 0.0270. The lowest BCUT2D eigenvalue weighted by atomic mass is 10.1. The summed E-state index contributed by atoms with van der Waals surface area (Å²) in [4.78, 5) is 0. The minimum atomic E-state index is -4.16. The Morgan fingerprint density at radius 2 is 2.00 bits per heavy atom. The third kappa shape index (κ3) is 4.68. The molecule has 0 amide bonds. The Labute approximate surface area is 126 Å². The molecular weight excluding hydrogens is 297 g/mol. The van der Waals surface area contributed by atoms with Gasteiger partial charge in [0, 0.05) is 31.1 Å². The molecule has 1 aromatic heterocycles. The van der Waals surface area contributed by atoms with E-state index in [1.54, 1.807) is 0 Å². The van der Waals surface area contributed by atoms with Gasteiger partial charge < -0.3 is 9.88 Å². The van der Waals surface area contributed by atoms with E-state index >= 15 is 0 Å². The second-order valence-corrected chi connectivity index (χ2v) is 6.35. The number of alkyl halides is 3. The van der Waals surface area contributed by atoms with Crippen molar-refractivity contribution in [2.45, 2.75) is 38.5 Å². The molecule has 6 heteroatoms. The Balaban J connectivity index is 2.16. The number of para-hydroxylation sites is 1. The van der Waals surface area contributed by atoms with Gasteiger partial charge in [-0.25, -0.2) is 0 Å². The van der Waals surface area contributed by atoms with Gasteiger partial charge in [-0.3, -0.25) is 0 Å². The molecule has 2 aromatic rings. The van der Waals surface area contributed by atoms with Crippen LogP contribution in [0.15, 0.2) is 30.5 Å². The fraction of sp³-hybridized carbons (Fsp3) is 0.467. The minimum Gasteiger partial charge on any atom is -0.346 e. The zero-order valence-electron chi connectivity index (χ0n) is 12.1. The molecular formula is C15H19F3N2S. The molecule has 1 N–H and O–H groups in total. The predicted octanol–water partition coefficient (Wildman–Crippen LogP) is 4.39. The number of aryl methyl sites for hydroxylation is 1. The van der Waals surface area contributed by atoms with E-state index < -0.39 is 5.51 Å². The van der Waals surface area contributed by atoms with Crippen LogP contribution in [0.25, 0.3) is 10.9 Å². The van der Waals surface area contributed by atoms with Gasteiger partial charge in [-0.05, 0) is 28.8 Å². The average molecular weight is 316 g/mol. The molecule has 116 valence electrons. The highest BCUT2D eigenvalue weighted by atomic mass is 32.2. The standard InChI is InChI=1S/C15H19F3N2S/c1-11(2)19-10-13-5-3-4-12-6-7-20(14(12)13)8-9-21-15(16,17)18/h3-7,11,19H,8-10H2,1-2H3. The average Bonchev–Trinajstić information content (AvgIpc) is 2.79. The first-order valence-electron chi connectivity index (χ1n) is 6.87. The summed E-state index contributed by atoms with van der Waals surface area (Å²) in [5, 5.41) is 4.42. The van der Waals surface area contributed by atoms with E-state index in [1.807, 2.05) is 35.0 Å². The number of fused-ring (bicyclic) bond motifs is 1. The van der Waals surface area contributed by atoms with Crippen molar-refractivity contribution in [3.05, 3.63) is 36.0 Å². The van der Waals surface area contributed by atoms with Gasteiger partial charge in [0.1, 0.15) is 0 Å². The maximum absolute atomic E-state index is 12.2. The molecule has 2 rings (SSSR count). The monoisotopic (exact) mass is 316 g/mol. The number of hydrogen-bond donors (Lipinski definition) is 1. The Bertz CT molecular complexity index is 590. The summed E-state index contributed by atoms with van der Waals surface area (Å²) < 4.78 is 38.6. The summed E-state index contributed by atoms with van der Waals surface area (Å²) in [6, 6.07) is 8.30. The summed E-state index contributed by atoms with van der Waals surface area (Å²) in [7, 11) is 0. The van der Waals surface area contributed by atoms with Gasteiger partial charge in [0.2, 0.25) is 0 Å². The van der Waals surface area contributed by atoms with Gasteiger partial charge in [-0.15, -0.1) is 0 Å². The summed E-state index contributed by atoms with van der Waals surface area (Å²) in [6.07, 6.45) is 1.86. The van der Waals surface area contributed by atoms with Crippen molar-refractivity contribution in [3.8, 4) is 0 Å². The van der Waals surface area contributed by atoms with E-state index in [1.165, 1.54) is 0 Å². The van der Waals surface area contributed by atoms with Gasteiger partial charge in [0.25, 0.3) is 0 Å². The van der Waals surface area contributed by atoms with E-state index in [9.17, 15) is 13.2 Å². The van der Waals surface area contributed by atoms with Crippen LogP contribution in [-0.2, 0) is 13.1 Å². The van der Waals surface area contributed by atoms with Gasteiger partial charge >= 0.3 is 5.51 Å². The molecule has 0 saturated carbocycles. The molecule has 0 bridgehead atoms. The SMILES string of the molecule is CC(C)NCc1cccc2ccn(CCSC(F)(F)F)c12. The van der Waals surface area contributed by atoms with Crippen molar-refractivity contribution < 1.29 is 13.2 Å². The molecule has 0 unspecified atom stereocenters. The van der Waals surface area contributed by atoms with Crippen LogP contribution in [0.5, 0.6) is 0 Å². The molecule has 0 saturated heterocycles. The van der Waals surface area contributed by atoms with Gasteiger partial charge in [-0.2, -0.15) is 13.2 Å². The van der Waals surface area contributed by atoms with Crippen molar-refractivity contribution in [2.24, 2.45) is 0 Å². The molecule has 0 spiro atoms. The normalized spacial score (nSPS) is 12.5. The highest BCUT2D eigenvalue weighted by molar-refractivity contribution is 8.00. The van der Waals surface area contributed by atoms with Crippen LogP contribution in [0.4, 0.5) is 13.2 Å². The third-order valence-corrected chi connectivity index (χ3v) is 3.88. The quantitative estimate of drug-likeness (QED) is 0.851. The van der Waals surface area contributed by atoms with Crippen molar-refractivity contribution in [1.29, 1.82) is 0 Å². The van der Waals surface area contributed by atoms with E-state index in [-0.39, 0.29) is 17.5 Å². The number of nitrogens with one attached hydrogen (secondary N) is 1. The Morgan fingerprint density at radius 3 is 2.67 bits per heavy atom. The van der Waals surface area contributed by atoms with Crippen LogP contribution in [0.2, 0.25) is 0 Å². The highest BCUT2D eigenvalue weighted by Gasteiger charge is 2.27. The molecule has 0 aliphatic rings. The molecule has 1 heterocycles. The maximum Gasteiger partial charge on any atom is 0.441 e. The Kier molecular flexibility index (Phi) is 5.22. The van der Waals surface area contributed by atoms with E-state index in [0.717, 1.165) is 16.5 Å². The van der Waals surface area contributed by atoms with Crippen molar-refractivity contribution in [2.75, 3.05) is 5.75 Å². The summed E-state index contributed by atoms with van der Waals surface area (Å²) in [5.41, 5.74) is -2.03. The molecule has 2 nitrogen and oxygen atoms in total. The number of nitrogens with zero attached hydrogens (tertiary/aromatic N) is 1. The number of aromatic nitrogens is 1. The first-order chi connectivity index (χ1) is 9.87. The van der Waals surface area contributed by atoms with Crippen molar-refractivity contribution >= 4 is 22.7 Å². The maximum atomic E-state index is 12.2. The lowest BCUT2D eigenvalue weighted by Gasteiger charge is -2.13. The van der Waals surface area contributed by atoms with Crippen LogP contribution < -0.4 is 5.32 Å². The summed E-state index contributed by atoms with van der Waals surface area (Å²) >= 11 is 0.0280. The summed E-state index contributed by atoms with van der Waals surface area (Å²) in [6.45, 7) is 5.20. The molecule has 1 aromatic carbocycles. The Hall–Kier alpha value is -1.14. The van der Waals surface area contributed by atoms with E-state index in [2.05, 4.69) is 19.2 Å². The highest BCUT2D eigenvalue weighted by Crippen LogP contribution is 2.30. The third-order valence-electron chi connectivity index (χ3n) is 3.17. The van der Waals surface area contributed by atoms with Crippen LogP contribution in [0, 0.1) is 0 Å². The zero-order valence-corrected chi connectivity index (χ0v) is 12.9. The molecule has 0 radical (unpaired) electrons. The predicted molar refractivity (Wildman–Crippen MR) is 82.4 cm³/mol. The lowest BCUT2D eigenvalue weighted by molar-refractivity contribution is -0.0328. The van der Waals surface area contributed by atoms with E-state index in [0.29, 0.717) is 19.1 Å². The lowest BCUT2D eigenvalue weighted by Crippen LogP contribution is -2.22. The smallest absolute Gasteiger partial charge is 0.346 e. The molecule has 0 atom stereocenters. The van der Waals surface area contributed by atoms with Crippen LogP contribution in [0.3, 0.4) is 0 Å². The van der Waals surface area contributed by atoms with Crippen molar-refractivity contribution in [1.82, 2.24) is 9.88 Å². The molecule has 0 fully saturated rings. The van der Waals surface area contributed by atoms with Crippen molar-refractivity contribution in [3.63, 3.8) is 0 Å². The number of benzene rings is 1. The zero-order chi connectivity index (χ0) is 15.5. The van der Waals surface area contributed by atoms with Gasteiger partial charge in [-0.1, -0.05) is 32.0 Å². The number of rotatable bonds is 6. The fourth-order valence-electron chi connectivity index (χ4n) is 2.24. The Morgan fingerprint density at radius 1 is 1.24 bits per heavy atom. The van der Waals surface area contributed by atoms with Crippen LogP contribution in [-0.4, -0.2) is 21.9 Å². The number of thioether (sulfide) groups is 1.